The number of rotatable bonds is 6. The molecule has 1 aliphatic heterocycles. The largest absolute Gasteiger partial charge is 0.465 e. The van der Waals surface area contributed by atoms with Crippen molar-refractivity contribution in [3.63, 3.8) is 0 Å². The first-order chi connectivity index (χ1) is 12.9. The Balaban J connectivity index is 1.53. The summed E-state index contributed by atoms with van der Waals surface area (Å²) in [5.74, 6) is 0. The Bertz CT molecular complexity index is 925. The van der Waals surface area contributed by atoms with Gasteiger partial charge in [0.15, 0.2) is 0 Å². The number of amides is 1. The van der Waals surface area contributed by atoms with Crippen molar-refractivity contribution in [2.24, 2.45) is 0 Å². The van der Waals surface area contributed by atoms with Gasteiger partial charge < -0.3 is 10.0 Å². The van der Waals surface area contributed by atoms with Crippen molar-refractivity contribution in [2.45, 2.75) is 43.0 Å². The SMILES string of the molecule is O=C(O)N1CC[C@H](NS(=O)(=O)C2CC2)[C@@H]1Cc1csc(-c2ccccc2)n1. The van der Waals surface area contributed by atoms with E-state index in [1.54, 1.807) is 0 Å². The van der Waals surface area contributed by atoms with Gasteiger partial charge in [0.05, 0.1) is 17.0 Å². The van der Waals surface area contributed by atoms with Gasteiger partial charge in [-0.15, -0.1) is 11.3 Å². The minimum absolute atomic E-state index is 0.319. The lowest BCUT2D eigenvalue weighted by Gasteiger charge is -2.26. The van der Waals surface area contributed by atoms with Crippen LogP contribution in [0.4, 0.5) is 4.79 Å². The molecule has 2 heterocycles. The topological polar surface area (TPSA) is 99.6 Å². The van der Waals surface area contributed by atoms with E-state index in [2.05, 4.69) is 9.71 Å². The first kappa shape index (κ1) is 18.4. The minimum atomic E-state index is -3.37. The molecule has 0 spiro atoms. The third-order valence-electron chi connectivity index (χ3n) is 5.06. The molecule has 2 aromatic rings. The van der Waals surface area contributed by atoms with Crippen molar-refractivity contribution in [2.75, 3.05) is 6.54 Å². The van der Waals surface area contributed by atoms with Gasteiger partial charge in [0.2, 0.25) is 10.0 Å². The van der Waals surface area contributed by atoms with E-state index in [1.165, 1.54) is 16.2 Å². The molecule has 0 radical (unpaired) electrons. The summed E-state index contributed by atoms with van der Waals surface area (Å²) in [5.41, 5.74) is 1.80. The Morgan fingerprint density at radius 1 is 1.26 bits per heavy atom. The van der Waals surface area contributed by atoms with E-state index in [9.17, 15) is 18.3 Å². The molecule has 4 rings (SSSR count). The summed E-state index contributed by atoms with van der Waals surface area (Å²) in [7, 11) is -3.37. The molecule has 7 nitrogen and oxygen atoms in total. The average molecular weight is 408 g/mol. The monoisotopic (exact) mass is 407 g/mol. The number of nitrogens with one attached hydrogen (secondary N) is 1. The molecule has 2 atom stereocenters. The number of thiazole rings is 1. The number of likely N-dealkylation sites (tertiary alicyclic amines) is 1. The fraction of sp³-hybridized carbons (Fsp3) is 0.444. The average Bonchev–Trinajstić information content (AvgIpc) is 3.30. The lowest BCUT2D eigenvalue weighted by Crippen LogP contribution is -2.48. The molecule has 1 saturated heterocycles. The highest BCUT2D eigenvalue weighted by Gasteiger charge is 2.43. The van der Waals surface area contributed by atoms with Crippen LogP contribution in [0.3, 0.4) is 0 Å². The smallest absolute Gasteiger partial charge is 0.407 e. The number of sulfonamides is 1. The maximum Gasteiger partial charge on any atom is 0.407 e. The lowest BCUT2D eigenvalue weighted by molar-refractivity contribution is 0.137. The van der Waals surface area contributed by atoms with Gasteiger partial charge in [-0.3, -0.25) is 0 Å². The molecule has 27 heavy (non-hydrogen) atoms. The minimum Gasteiger partial charge on any atom is -0.465 e. The van der Waals surface area contributed by atoms with Gasteiger partial charge in [-0.05, 0) is 19.3 Å². The molecule has 1 aromatic carbocycles. The second kappa shape index (κ2) is 7.21. The van der Waals surface area contributed by atoms with Gasteiger partial charge in [-0.25, -0.2) is 22.9 Å². The lowest BCUT2D eigenvalue weighted by atomic mass is 10.1. The second-order valence-electron chi connectivity index (χ2n) is 7.01. The van der Waals surface area contributed by atoms with Crippen LogP contribution in [0.2, 0.25) is 0 Å². The summed E-state index contributed by atoms with van der Waals surface area (Å²) < 4.78 is 27.4. The molecular formula is C18H21N3O4S2. The summed E-state index contributed by atoms with van der Waals surface area (Å²) >= 11 is 1.51. The van der Waals surface area contributed by atoms with Gasteiger partial charge in [0.1, 0.15) is 5.01 Å². The Morgan fingerprint density at radius 2 is 2.00 bits per heavy atom. The highest BCUT2D eigenvalue weighted by atomic mass is 32.2. The molecule has 0 bridgehead atoms. The predicted molar refractivity (Wildman–Crippen MR) is 103 cm³/mol. The Labute approximate surface area is 162 Å². The number of nitrogens with zero attached hydrogens (tertiary/aromatic N) is 2. The second-order valence-corrected chi connectivity index (χ2v) is 9.87. The summed E-state index contributed by atoms with van der Waals surface area (Å²) in [5, 5.41) is 12.0. The molecule has 1 saturated carbocycles. The van der Waals surface area contributed by atoms with Crippen molar-refractivity contribution < 1.29 is 18.3 Å². The zero-order chi connectivity index (χ0) is 19.0. The van der Waals surface area contributed by atoms with E-state index in [0.717, 1.165) is 16.3 Å². The summed E-state index contributed by atoms with van der Waals surface area (Å²) in [6, 6.07) is 8.95. The number of hydrogen-bond donors (Lipinski definition) is 2. The number of carbonyl (C=O) groups is 1. The Kier molecular flexibility index (Phi) is 4.92. The predicted octanol–water partition coefficient (Wildman–Crippen LogP) is 2.56. The van der Waals surface area contributed by atoms with Crippen molar-refractivity contribution in [3.8, 4) is 10.6 Å². The summed E-state index contributed by atoms with van der Waals surface area (Å²) in [6.45, 7) is 0.327. The van der Waals surface area contributed by atoms with Crippen LogP contribution in [0.5, 0.6) is 0 Å². The molecule has 9 heteroatoms. The fourth-order valence-electron chi connectivity index (χ4n) is 3.49. The van der Waals surface area contributed by atoms with Gasteiger partial charge in [-0.1, -0.05) is 30.3 Å². The van der Waals surface area contributed by atoms with Crippen LogP contribution in [0.15, 0.2) is 35.7 Å². The van der Waals surface area contributed by atoms with Crippen LogP contribution in [-0.2, 0) is 16.4 Å². The summed E-state index contributed by atoms with van der Waals surface area (Å²) in [4.78, 5) is 17.6. The molecule has 2 aliphatic rings. The Morgan fingerprint density at radius 3 is 2.67 bits per heavy atom. The third-order valence-corrected chi connectivity index (χ3v) is 7.98. The molecule has 1 amide bonds. The number of aromatic nitrogens is 1. The molecule has 2 N–H and O–H groups in total. The van der Waals surface area contributed by atoms with E-state index in [1.807, 2.05) is 35.7 Å². The van der Waals surface area contributed by atoms with E-state index in [-0.39, 0.29) is 5.25 Å². The zero-order valence-corrected chi connectivity index (χ0v) is 16.2. The maximum atomic E-state index is 12.3. The zero-order valence-electron chi connectivity index (χ0n) is 14.6. The fourth-order valence-corrected chi connectivity index (χ4v) is 5.98. The quantitative estimate of drug-likeness (QED) is 0.767. The van der Waals surface area contributed by atoms with Gasteiger partial charge in [-0.2, -0.15) is 0 Å². The van der Waals surface area contributed by atoms with Crippen LogP contribution in [0.1, 0.15) is 25.0 Å². The van der Waals surface area contributed by atoms with E-state index in [0.29, 0.717) is 32.2 Å². The van der Waals surface area contributed by atoms with E-state index < -0.39 is 28.2 Å². The van der Waals surface area contributed by atoms with Crippen molar-refractivity contribution >= 4 is 27.5 Å². The van der Waals surface area contributed by atoms with E-state index in [4.69, 9.17) is 0 Å². The first-order valence-corrected chi connectivity index (χ1v) is 11.4. The molecule has 2 fully saturated rings. The summed E-state index contributed by atoms with van der Waals surface area (Å²) in [6.07, 6.45) is 1.22. The van der Waals surface area contributed by atoms with Crippen molar-refractivity contribution in [1.29, 1.82) is 0 Å². The van der Waals surface area contributed by atoms with Gasteiger partial charge >= 0.3 is 6.09 Å². The highest BCUT2D eigenvalue weighted by Crippen LogP contribution is 2.31. The molecule has 1 aliphatic carbocycles. The van der Waals surface area contributed by atoms with Gasteiger partial charge in [0.25, 0.3) is 0 Å². The van der Waals surface area contributed by atoms with Crippen LogP contribution >= 0.6 is 11.3 Å². The maximum absolute atomic E-state index is 12.3. The van der Waals surface area contributed by atoms with Crippen LogP contribution < -0.4 is 4.72 Å². The first-order valence-electron chi connectivity index (χ1n) is 8.94. The highest BCUT2D eigenvalue weighted by molar-refractivity contribution is 7.90. The molecule has 1 aromatic heterocycles. The number of hydrogen-bond acceptors (Lipinski definition) is 5. The van der Waals surface area contributed by atoms with Crippen LogP contribution in [-0.4, -0.2) is 53.4 Å². The van der Waals surface area contributed by atoms with E-state index >= 15 is 0 Å². The standard InChI is InChI=1S/C18H21N3O4S2/c22-18(23)21-9-8-15(20-27(24,25)14-6-7-14)16(21)10-13-11-26-17(19-13)12-4-2-1-3-5-12/h1-5,11,14-16,20H,6-10H2,(H,22,23)/t15-,16-/m0/s1. The number of carboxylic acid groups (broad SMARTS) is 1. The van der Waals surface area contributed by atoms with Crippen molar-refractivity contribution in [1.82, 2.24) is 14.6 Å². The normalized spacial score (nSPS) is 22.9. The molecular weight excluding hydrogens is 386 g/mol. The number of benzene rings is 1. The molecule has 144 valence electrons. The van der Waals surface area contributed by atoms with Crippen molar-refractivity contribution in [3.05, 3.63) is 41.4 Å². The van der Waals surface area contributed by atoms with Crippen LogP contribution in [0.25, 0.3) is 10.6 Å². The van der Waals surface area contributed by atoms with Gasteiger partial charge in [0, 0.05) is 30.0 Å². The third kappa shape index (κ3) is 3.99. The molecule has 0 unspecified atom stereocenters. The van der Waals surface area contributed by atoms with Crippen LogP contribution in [0, 0.1) is 0 Å². The Hall–Kier alpha value is -1.97.